The van der Waals surface area contributed by atoms with E-state index < -0.39 is 11.9 Å². The van der Waals surface area contributed by atoms with Crippen molar-refractivity contribution in [3.63, 3.8) is 0 Å². The molecule has 0 heterocycles. The number of rotatable bonds is 0. The minimum absolute atomic E-state index is 0. The molecule has 0 saturated heterocycles. The molecule has 0 radical (unpaired) electrons. The summed E-state index contributed by atoms with van der Waals surface area (Å²) < 4.78 is 0. The van der Waals surface area contributed by atoms with Gasteiger partial charge in [-0.15, -0.1) is 0 Å². The fourth-order valence-corrected chi connectivity index (χ4v) is 0.400. The van der Waals surface area contributed by atoms with Gasteiger partial charge in [0.2, 0.25) is 0 Å². The molecule has 1 N–H and O–H groups in total. The number of carboxylic acids is 2. The maximum absolute atomic E-state index is 8.89. The summed E-state index contributed by atoms with van der Waals surface area (Å²) in [4.78, 5) is 21.3. The Kier molecular flexibility index (Phi) is 23.1. The molecular weight excluding hydrogens is 254 g/mol. The monoisotopic (exact) mass is 273 g/mol. The maximum Gasteiger partial charge on any atom is 2.00 e. The first-order chi connectivity index (χ1) is 7.02. The first kappa shape index (κ1) is 25.3. The van der Waals surface area contributed by atoms with E-state index in [4.69, 9.17) is 25.2 Å². The number of carbonyl (C=O) groups is 2. The van der Waals surface area contributed by atoms with Gasteiger partial charge in [0.15, 0.2) is 5.96 Å². The summed E-state index contributed by atoms with van der Waals surface area (Å²) in [6, 6.07) is 0. The molecule has 0 bridgehead atoms. The van der Waals surface area contributed by atoms with E-state index in [0.717, 1.165) is 13.8 Å². The third-order valence-corrected chi connectivity index (χ3v) is 0.847. The summed E-state index contributed by atoms with van der Waals surface area (Å²) in [6.45, 7) is 1.94. The summed E-state index contributed by atoms with van der Waals surface area (Å²) in [6.07, 6.45) is 0. The van der Waals surface area contributed by atoms with Crippen LogP contribution in [-0.2, 0) is 9.59 Å². The van der Waals surface area contributed by atoms with Crippen LogP contribution >= 0.6 is 0 Å². The molecule has 0 aromatic heterocycles. The molecule has 0 aromatic rings. The van der Waals surface area contributed by atoms with Gasteiger partial charge in [-0.2, -0.15) is 0 Å². The van der Waals surface area contributed by atoms with Crippen LogP contribution in [0, 0.1) is 5.41 Å². The van der Waals surface area contributed by atoms with E-state index in [0.29, 0.717) is 5.96 Å². The molecular formula is C9H19CaN3O4. The molecule has 0 aromatic carbocycles. The number of carboxylic acid groups (broad SMARTS) is 2. The zero-order chi connectivity index (χ0) is 13.9. The van der Waals surface area contributed by atoms with Gasteiger partial charge in [-0.1, -0.05) is 0 Å². The molecule has 0 spiro atoms. The molecule has 0 amide bonds. The second-order valence-corrected chi connectivity index (χ2v) is 3.10. The van der Waals surface area contributed by atoms with Crippen molar-refractivity contribution in [3.8, 4) is 0 Å². The standard InChI is InChI=1S/C5H13N3.2C2H4O2.Ca/c1-7(2)5(6)8(3)4;2*1-2(3)4;/h6H,1-4H3;2*1H3,(H,3,4);/q;;;+2/p-2. The molecule has 0 aliphatic carbocycles. The van der Waals surface area contributed by atoms with Crippen LogP contribution in [0.2, 0.25) is 0 Å². The Labute approximate surface area is 132 Å². The van der Waals surface area contributed by atoms with Crippen molar-refractivity contribution in [2.45, 2.75) is 13.8 Å². The Hall–Kier alpha value is -0.530. The number of guanidine groups is 1. The Morgan fingerprint density at radius 3 is 1.00 bits per heavy atom. The van der Waals surface area contributed by atoms with Crippen molar-refractivity contribution in [1.29, 1.82) is 5.41 Å². The van der Waals surface area contributed by atoms with Gasteiger partial charge in [0, 0.05) is 40.1 Å². The van der Waals surface area contributed by atoms with Crippen molar-refractivity contribution < 1.29 is 19.8 Å². The van der Waals surface area contributed by atoms with Crippen molar-refractivity contribution in [1.82, 2.24) is 9.80 Å². The van der Waals surface area contributed by atoms with E-state index in [1.54, 1.807) is 9.80 Å². The Balaban J connectivity index is -0.0000000806. The van der Waals surface area contributed by atoms with Crippen LogP contribution in [0.3, 0.4) is 0 Å². The molecule has 8 heteroatoms. The molecule has 0 saturated carbocycles. The number of hydrogen-bond acceptors (Lipinski definition) is 5. The van der Waals surface area contributed by atoms with Gasteiger partial charge in [0.25, 0.3) is 0 Å². The predicted octanol–water partition coefficient (Wildman–Crippen LogP) is -2.82. The van der Waals surface area contributed by atoms with Crippen LogP contribution in [0.15, 0.2) is 0 Å². The number of nitrogens with one attached hydrogen (secondary N) is 1. The Morgan fingerprint density at radius 1 is 0.882 bits per heavy atom. The number of aliphatic carboxylic acids is 2. The minimum Gasteiger partial charge on any atom is -0.550 e. The van der Waals surface area contributed by atoms with E-state index in [2.05, 4.69) is 0 Å². The normalized spacial score (nSPS) is 6.94. The van der Waals surface area contributed by atoms with Crippen LogP contribution in [0.4, 0.5) is 0 Å². The first-order valence-electron chi connectivity index (χ1n) is 4.30. The Bertz CT molecular complexity index is 202. The number of hydrogen-bond donors (Lipinski definition) is 1. The molecule has 0 aliphatic heterocycles. The van der Waals surface area contributed by atoms with Gasteiger partial charge in [0.05, 0.1) is 0 Å². The van der Waals surface area contributed by atoms with Gasteiger partial charge in [0.1, 0.15) is 0 Å². The molecule has 0 rings (SSSR count). The van der Waals surface area contributed by atoms with Crippen molar-refractivity contribution in [3.05, 3.63) is 0 Å². The number of nitrogens with zero attached hydrogens (tertiary/aromatic N) is 2. The largest absolute Gasteiger partial charge is 2.00 e. The summed E-state index contributed by atoms with van der Waals surface area (Å²) >= 11 is 0. The van der Waals surface area contributed by atoms with Crippen molar-refractivity contribution in [2.75, 3.05) is 28.2 Å². The molecule has 96 valence electrons. The van der Waals surface area contributed by atoms with Crippen LogP contribution < -0.4 is 10.2 Å². The average Bonchev–Trinajstić information content (AvgIpc) is 2.00. The summed E-state index contributed by atoms with van der Waals surface area (Å²) in [7, 11) is 7.40. The van der Waals surface area contributed by atoms with Crippen LogP contribution in [0.25, 0.3) is 0 Å². The molecule has 0 unspecified atom stereocenters. The zero-order valence-corrected chi connectivity index (χ0v) is 13.4. The van der Waals surface area contributed by atoms with Gasteiger partial charge >= 0.3 is 37.7 Å². The van der Waals surface area contributed by atoms with E-state index in [1.807, 2.05) is 28.2 Å². The van der Waals surface area contributed by atoms with E-state index in [1.165, 1.54) is 0 Å². The van der Waals surface area contributed by atoms with Crippen molar-refractivity contribution in [2.24, 2.45) is 0 Å². The minimum atomic E-state index is -1.08. The van der Waals surface area contributed by atoms with Gasteiger partial charge in [-0.3, -0.25) is 5.41 Å². The maximum atomic E-state index is 8.89. The van der Waals surface area contributed by atoms with E-state index in [9.17, 15) is 0 Å². The summed E-state index contributed by atoms with van der Waals surface area (Å²) in [5.74, 6) is -1.65. The SMILES string of the molecule is CC(=O)[O-].CC(=O)[O-].CN(C)C(=N)N(C)C.[Ca+2]. The van der Waals surface area contributed by atoms with Gasteiger partial charge in [-0.05, 0) is 13.8 Å². The van der Waals surface area contributed by atoms with Gasteiger partial charge < -0.3 is 29.6 Å². The Morgan fingerprint density at radius 2 is 1.00 bits per heavy atom. The third kappa shape index (κ3) is 50.3. The predicted molar refractivity (Wildman–Crippen MR) is 62.2 cm³/mol. The summed E-state index contributed by atoms with van der Waals surface area (Å²) in [5, 5.41) is 25.0. The fraction of sp³-hybridized carbons (Fsp3) is 0.667. The van der Waals surface area contributed by atoms with E-state index in [-0.39, 0.29) is 37.7 Å². The van der Waals surface area contributed by atoms with Crippen LogP contribution in [0.1, 0.15) is 13.8 Å². The molecule has 0 fully saturated rings. The second kappa shape index (κ2) is 15.5. The zero-order valence-electron chi connectivity index (χ0n) is 11.2. The molecule has 17 heavy (non-hydrogen) atoms. The summed E-state index contributed by atoms with van der Waals surface area (Å²) in [5.41, 5.74) is 0. The van der Waals surface area contributed by atoms with Crippen LogP contribution in [0.5, 0.6) is 0 Å². The smallest absolute Gasteiger partial charge is 0.550 e. The number of carbonyl (C=O) groups excluding carboxylic acids is 2. The molecule has 7 nitrogen and oxygen atoms in total. The van der Waals surface area contributed by atoms with Gasteiger partial charge in [-0.25, -0.2) is 0 Å². The quantitative estimate of drug-likeness (QED) is 0.289. The second-order valence-electron chi connectivity index (χ2n) is 3.10. The fourth-order valence-electron chi connectivity index (χ4n) is 0.400. The average molecular weight is 273 g/mol. The molecule has 0 aliphatic rings. The first-order valence-corrected chi connectivity index (χ1v) is 4.30. The topological polar surface area (TPSA) is 111 Å². The third-order valence-electron chi connectivity index (χ3n) is 0.847. The molecule has 0 atom stereocenters. The van der Waals surface area contributed by atoms with E-state index >= 15 is 0 Å². The van der Waals surface area contributed by atoms with Crippen LogP contribution in [-0.4, -0.2) is 93.6 Å². The van der Waals surface area contributed by atoms with Crippen molar-refractivity contribution >= 4 is 55.6 Å².